The number of hydrogen-bond acceptors (Lipinski definition) is 4. The van der Waals surface area contributed by atoms with Crippen molar-refractivity contribution in [3.05, 3.63) is 114 Å². The third-order valence-corrected chi connectivity index (χ3v) is 7.84. The Morgan fingerprint density at radius 1 is 0.892 bits per heavy atom. The maximum Gasteiger partial charge on any atom is 0.0437 e. The minimum Gasteiger partial charge on any atom is -0.305 e. The second kappa shape index (κ2) is 9.86. The fourth-order valence-electron chi connectivity index (χ4n) is 4.85. The molecule has 6 heteroatoms. The van der Waals surface area contributed by atoms with E-state index in [1.54, 1.807) is 17.4 Å². The first-order valence-corrected chi connectivity index (χ1v) is 12.5. The SMILES string of the molecule is Cc1cnc2c(c1)C(C)(C)c1cc(F)c[c-]c1-2.[Ir].[c-]1ccc2c(sc3cnccc32)c1-c1ccccn1. The van der Waals surface area contributed by atoms with E-state index < -0.39 is 0 Å². The van der Waals surface area contributed by atoms with Gasteiger partial charge in [0.25, 0.3) is 0 Å². The van der Waals surface area contributed by atoms with E-state index in [1.807, 2.05) is 56.0 Å². The number of fused-ring (bicyclic) bond motifs is 6. The summed E-state index contributed by atoms with van der Waals surface area (Å²) < 4.78 is 15.8. The molecular weight excluding hydrogens is 658 g/mol. The third-order valence-electron chi connectivity index (χ3n) is 6.67. The number of nitrogens with zero attached hydrogens (tertiary/aromatic N) is 3. The van der Waals surface area contributed by atoms with Crippen LogP contribution in [0.5, 0.6) is 0 Å². The quantitative estimate of drug-likeness (QED) is 0.166. The molecule has 0 aliphatic heterocycles. The van der Waals surface area contributed by atoms with Gasteiger partial charge in [-0.05, 0) is 51.5 Å². The van der Waals surface area contributed by atoms with Crippen molar-refractivity contribution in [2.75, 3.05) is 0 Å². The van der Waals surface area contributed by atoms with Gasteiger partial charge in [-0.25, -0.2) is 0 Å². The van der Waals surface area contributed by atoms with Crippen LogP contribution in [0, 0.1) is 24.9 Å². The zero-order chi connectivity index (χ0) is 24.9. The first-order valence-electron chi connectivity index (χ1n) is 11.7. The van der Waals surface area contributed by atoms with Gasteiger partial charge in [-0.2, -0.15) is 11.3 Å². The molecule has 4 aromatic heterocycles. The topological polar surface area (TPSA) is 38.7 Å². The number of pyridine rings is 3. The molecule has 6 aromatic rings. The van der Waals surface area contributed by atoms with Crippen molar-refractivity contribution in [2.45, 2.75) is 26.2 Å². The Morgan fingerprint density at radius 3 is 2.57 bits per heavy atom. The van der Waals surface area contributed by atoms with E-state index in [0.29, 0.717) is 0 Å². The fraction of sp³-hybridized carbons (Fsp3) is 0.129. The van der Waals surface area contributed by atoms with Crippen molar-refractivity contribution in [2.24, 2.45) is 0 Å². The Bertz CT molecular complexity index is 1690. The van der Waals surface area contributed by atoms with Gasteiger partial charge in [-0.15, -0.1) is 53.1 Å². The Balaban J connectivity index is 0.000000148. The predicted molar refractivity (Wildman–Crippen MR) is 145 cm³/mol. The van der Waals surface area contributed by atoms with E-state index in [-0.39, 0.29) is 31.3 Å². The molecule has 0 fully saturated rings. The second-order valence-electron chi connectivity index (χ2n) is 9.42. The Labute approximate surface area is 232 Å². The molecular formula is C31H22FIrN3S-2. The van der Waals surface area contributed by atoms with Gasteiger partial charge in [0.2, 0.25) is 0 Å². The molecule has 0 amide bonds. The van der Waals surface area contributed by atoms with Gasteiger partial charge in [0.05, 0.1) is 0 Å². The largest absolute Gasteiger partial charge is 0.305 e. The third kappa shape index (κ3) is 4.40. The average Bonchev–Trinajstić information content (AvgIpc) is 3.38. The predicted octanol–water partition coefficient (Wildman–Crippen LogP) is 7.94. The standard InChI is InChI=1S/C16H9N2S.C15H13FN.Ir/c1-2-8-18-14(6-1)13-5-3-4-12-11-7-9-17-10-15(11)19-16(12)13;1-9-6-13-14(17-8-9)11-5-4-10(16)7-12(11)15(13,2)3;/h1-4,6-10H;4,6-8H,1-3H3;/q2*-1;. The average molecular weight is 680 g/mol. The minimum absolute atomic E-state index is 0. The van der Waals surface area contributed by atoms with Gasteiger partial charge in [-0.3, -0.25) is 9.37 Å². The maximum atomic E-state index is 13.4. The Morgan fingerprint density at radius 2 is 1.76 bits per heavy atom. The van der Waals surface area contributed by atoms with Crippen molar-refractivity contribution in [3.8, 4) is 22.5 Å². The van der Waals surface area contributed by atoms with E-state index in [0.717, 1.165) is 39.2 Å². The molecule has 7 rings (SSSR count). The molecule has 0 saturated carbocycles. The van der Waals surface area contributed by atoms with Crippen molar-refractivity contribution in [3.63, 3.8) is 0 Å². The van der Waals surface area contributed by atoms with E-state index in [1.165, 1.54) is 26.2 Å². The van der Waals surface area contributed by atoms with Crippen LogP contribution in [0.2, 0.25) is 0 Å². The van der Waals surface area contributed by atoms with E-state index >= 15 is 0 Å². The van der Waals surface area contributed by atoms with Crippen LogP contribution in [-0.4, -0.2) is 15.0 Å². The monoisotopic (exact) mass is 680 g/mol. The molecule has 185 valence electrons. The summed E-state index contributed by atoms with van der Waals surface area (Å²) in [4.78, 5) is 13.1. The molecule has 0 unspecified atom stereocenters. The number of halogens is 1. The van der Waals surface area contributed by atoms with Crippen LogP contribution in [-0.2, 0) is 25.5 Å². The van der Waals surface area contributed by atoms with Gasteiger partial charge in [0, 0.05) is 55.4 Å². The van der Waals surface area contributed by atoms with Crippen molar-refractivity contribution >= 4 is 31.5 Å². The number of hydrogen-bond donors (Lipinski definition) is 0. The first-order chi connectivity index (χ1) is 17.4. The van der Waals surface area contributed by atoms with Crippen LogP contribution in [0.4, 0.5) is 4.39 Å². The smallest absolute Gasteiger partial charge is 0.0437 e. The summed E-state index contributed by atoms with van der Waals surface area (Å²) in [6.07, 6.45) is 7.42. The molecule has 37 heavy (non-hydrogen) atoms. The molecule has 0 atom stereocenters. The number of benzene rings is 2. The number of aryl methyl sites for hydroxylation is 1. The summed E-state index contributed by atoms with van der Waals surface area (Å²) in [7, 11) is 0. The molecule has 0 bridgehead atoms. The molecule has 1 radical (unpaired) electrons. The van der Waals surface area contributed by atoms with Gasteiger partial charge in [0.1, 0.15) is 0 Å². The van der Waals surface area contributed by atoms with Crippen LogP contribution >= 0.6 is 11.3 Å². The molecule has 0 spiro atoms. The van der Waals surface area contributed by atoms with Gasteiger partial charge < -0.3 is 9.97 Å². The van der Waals surface area contributed by atoms with E-state index in [2.05, 4.69) is 59.1 Å². The minimum atomic E-state index is -0.235. The molecule has 3 nitrogen and oxygen atoms in total. The zero-order valence-corrected chi connectivity index (χ0v) is 23.7. The number of thiophene rings is 1. The van der Waals surface area contributed by atoms with Crippen LogP contribution in [0.25, 0.3) is 42.7 Å². The van der Waals surface area contributed by atoms with Gasteiger partial charge >= 0.3 is 0 Å². The Hall–Kier alpha value is -3.31. The summed E-state index contributed by atoms with van der Waals surface area (Å²) in [5.41, 5.74) is 6.99. The second-order valence-corrected chi connectivity index (χ2v) is 10.5. The van der Waals surface area contributed by atoms with Crippen molar-refractivity contribution < 1.29 is 24.5 Å². The maximum absolute atomic E-state index is 13.4. The van der Waals surface area contributed by atoms with E-state index in [9.17, 15) is 4.39 Å². The van der Waals surface area contributed by atoms with E-state index in [4.69, 9.17) is 0 Å². The van der Waals surface area contributed by atoms with Crippen LogP contribution < -0.4 is 0 Å². The summed E-state index contributed by atoms with van der Waals surface area (Å²) in [5, 5.41) is 2.50. The molecule has 0 N–H and O–H groups in total. The van der Waals surface area contributed by atoms with Crippen LogP contribution in [0.15, 0.2) is 79.4 Å². The summed E-state index contributed by atoms with van der Waals surface area (Å²) in [5.74, 6) is -0.235. The van der Waals surface area contributed by atoms with Crippen LogP contribution in [0.3, 0.4) is 0 Å². The van der Waals surface area contributed by atoms with Crippen LogP contribution in [0.1, 0.15) is 30.5 Å². The van der Waals surface area contributed by atoms with Crippen molar-refractivity contribution in [1.29, 1.82) is 0 Å². The van der Waals surface area contributed by atoms with Crippen molar-refractivity contribution in [1.82, 2.24) is 15.0 Å². The van der Waals surface area contributed by atoms with Gasteiger partial charge in [-0.1, -0.05) is 43.0 Å². The molecule has 0 saturated heterocycles. The summed E-state index contributed by atoms with van der Waals surface area (Å²) in [6.45, 7) is 6.23. The summed E-state index contributed by atoms with van der Waals surface area (Å²) in [6, 6.07) is 23.5. The number of aromatic nitrogens is 3. The zero-order valence-electron chi connectivity index (χ0n) is 20.5. The fourth-order valence-corrected chi connectivity index (χ4v) is 6.02. The molecule has 4 heterocycles. The Kier molecular flexibility index (Phi) is 6.76. The normalized spacial score (nSPS) is 12.9. The molecule has 1 aliphatic rings. The van der Waals surface area contributed by atoms with Gasteiger partial charge in [0.15, 0.2) is 0 Å². The molecule has 2 aromatic carbocycles. The number of rotatable bonds is 1. The summed E-state index contributed by atoms with van der Waals surface area (Å²) >= 11 is 1.75. The first kappa shape index (κ1) is 25.3. The molecule has 1 aliphatic carbocycles.